The molecule has 1 aromatic heterocycles. The number of carbonyl (C=O) groups is 1. The summed E-state index contributed by atoms with van der Waals surface area (Å²) in [6.07, 6.45) is -5.58. The molecule has 2 aromatic rings. The van der Waals surface area contributed by atoms with Crippen LogP contribution < -0.4 is 0 Å². The number of carbonyl (C=O) groups excluding carboxylic acids is 1. The van der Waals surface area contributed by atoms with Crippen molar-refractivity contribution in [1.82, 2.24) is 4.98 Å². The topological polar surface area (TPSA) is 132 Å². The summed E-state index contributed by atoms with van der Waals surface area (Å²) in [7, 11) is 0. The van der Waals surface area contributed by atoms with E-state index < -0.39 is 43.3 Å². The number of rotatable bonds is 4. The minimum atomic E-state index is -1.65. The molecule has 0 bridgehead atoms. The number of fused-ring (bicyclic) bond motifs is 1. The van der Waals surface area contributed by atoms with Crippen LogP contribution in [0.4, 0.5) is 0 Å². The second kappa shape index (κ2) is 6.88. The zero-order valence-corrected chi connectivity index (χ0v) is 12.7. The molecule has 5 N–H and O–H groups in total. The van der Waals surface area contributed by atoms with E-state index in [-0.39, 0.29) is 6.42 Å². The first-order chi connectivity index (χ1) is 11.5. The summed E-state index contributed by atoms with van der Waals surface area (Å²) in [5, 5.41) is 39.2. The average molecular weight is 337 g/mol. The first-order valence-electron chi connectivity index (χ1n) is 7.56. The third-order valence-corrected chi connectivity index (χ3v) is 4.12. The number of hydrogen-bond acceptors (Lipinski definition) is 7. The fourth-order valence-electron chi connectivity index (χ4n) is 2.84. The molecule has 0 aliphatic carbocycles. The van der Waals surface area contributed by atoms with E-state index in [0.29, 0.717) is 0 Å². The van der Waals surface area contributed by atoms with Crippen LogP contribution in [0, 0.1) is 0 Å². The Kier molecular flexibility index (Phi) is 4.83. The van der Waals surface area contributed by atoms with Crippen LogP contribution in [0.15, 0.2) is 30.5 Å². The second-order valence-electron chi connectivity index (χ2n) is 5.72. The maximum atomic E-state index is 12.2. The minimum Gasteiger partial charge on any atom is -0.456 e. The quantitative estimate of drug-likeness (QED) is 0.455. The molecule has 0 saturated carbocycles. The van der Waals surface area contributed by atoms with E-state index in [0.717, 1.165) is 16.5 Å². The Labute approximate surface area is 137 Å². The minimum absolute atomic E-state index is 0.0516. The van der Waals surface area contributed by atoms with Gasteiger partial charge in [-0.05, 0) is 11.6 Å². The molecule has 130 valence electrons. The van der Waals surface area contributed by atoms with Crippen molar-refractivity contribution in [3.8, 4) is 0 Å². The van der Waals surface area contributed by atoms with Gasteiger partial charge in [-0.3, -0.25) is 4.79 Å². The summed E-state index contributed by atoms with van der Waals surface area (Å²) < 4.78 is 10.1. The van der Waals surface area contributed by atoms with Crippen LogP contribution in [0.3, 0.4) is 0 Å². The van der Waals surface area contributed by atoms with Gasteiger partial charge < -0.3 is 34.9 Å². The van der Waals surface area contributed by atoms with E-state index in [1.807, 2.05) is 24.3 Å². The van der Waals surface area contributed by atoms with Gasteiger partial charge in [-0.1, -0.05) is 18.2 Å². The number of benzene rings is 1. The number of aliphatic hydroxyl groups excluding tert-OH is 4. The first-order valence-corrected chi connectivity index (χ1v) is 7.56. The van der Waals surface area contributed by atoms with Crippen molar-refractivity contribution in [1.29, 1.82) is 0 Å². The molecule has 0 radical (unpaired) electrons. The Morgan fingerprint density at radius 2 is 1.96 bits per heavy atom. The van der Waals surface area contributed by atoms with E-state index in [2.05, 4.69) is 4.98 Å². The van der Waals surface area contributed by atoms with Crippen molar-refractivity contribution >= 4 is 16.9 Å². The highest BCUT2D eigenvalue weighted by molar-refractivity contribution is 5.87. The fourth-order valence-corrected chi connectivity index (χ4v) is 2.84. The Bertz CT molecular complexity index is 713. The molecule has 0 spiro atoms. The highest BCUT2D eigenvalue weighted by atomic mass is 16.7. The third-order valence-electron chi connectivity index (χ3n) is 4.12. The van der Waals surface area contributed by atoms with Gasteiger partial charge in [-0.25, -0.2) is 0 Å². The predicted octanol–water partition coefficient (Wildman–Crippen LogP) is -0.947. The van der Waals surface area contributed by atoms with E-state index in [1.165, 1.54) is 0 Å². The highest BCUT2D eigenvalue weighted by Gasteiger charge is 2.45. The maximum absolute atomic E-state index is 12.2. The van der Waals surface area contributed by atoms with Crippen molar-refractivity contribution in [3.05, 3.63) is 36.0 Å². The zero-order chi connectivity index (χ0) is 17.3. The molecular weight excluding hydrogens is 318 g/mol. The molecule has 8 heteroatoms. The van der Waals surface area contributed by atoms with E-state index in [1.54, 1.807) is 6.20 Å². The average Bonchev–Trinajstić information content (AvgIpc) is 2.98. The third kappa shape index (κ3) is 3.14. The molecule has 1 saturated heterocycles. The van der Waals surface area contributed by atoms with Gasteiger partial charge in [0, 0.05) is 17.1 Å². The SMILES string of the molecule is O=C(Cc1c[nH]c2ccccc12)O[C@H]1[C@H](O)[C@@H](O)[C@@H](O)O[C@@H]1CO. The molecule has 1 fully saturated rings. The van der Waals surface area contributed by atoms with Crippen LogP contribution in [0.5, 0.6) is 0 Å². The Balaban J connectivity index is 1.71. The van der Waals surface area contributed by atoms with Gasteiger partial charge >= 0.3 is 5.97 Å². The lowest BCUT2D eigenvalue weighted by atomic mass is 9.99. The van der Waals surface area contributed by atoms with Crippen molar-refractivity contribution in [2.45, 2.75) is 37.1 Å². The standard InChI is InChI=1S/C16H19NO7/c18-7-11-15(13(20)14(21)16(22)23-11)24-12(19)5-8-6-17-10-4-2-1-3-9(8)10/h1-4,6,11,13-18,20-22H,5,7H2/t11-,13-,14-,15-,16+/m1/s1. The van der Waals surface area contributed by atoms with Crippen LogP contribution >= 0.6 is 0 Å². The largest absolute Gasteiger partial charge is 0.456 e. The van der Waals surface area contributed by atoms with Crippen molar-refractivity contribution in [3.63, 3.8) is 0 Å². The molecule has 24 heavy (non-hydrogen) atoms. The van der Waals surface area contributed by atoms with Crippen LogP contribution in [0.25, 0.3) is 10.9 Å². The van der Waals surface area contributed by atoms with Gasteiger partial charge in [0.05, 0.1) is 13.0 Å². The number of nitrogens with one attached hydrogen (secondary N) is 1. The van der Waals surface area contributed by atoms with Crippen LogP contribution in [0.1, 0.15) is 5.56 Å². The Hall–Kier alpha value is -1.97. The smallest absolute Gasteiger partial charge is 0.310 e. The summed E-state index contributed by atoms with van der Waals surface area (Å²) in [5.41, 5.74) is 1.61. The zero-order valence-electron chi connectivity index (χ0n) is 12.7. The molecule has 1 aromatic carbocycles. The number of esters is 1. The van der Waals surface area contributed by atoms with Crippen molar-refractivity contribution in [2.24, 2.45) is 0 Å². The Morgan fingerprint density at radius 1 is 1.21 bits per heavy atom. The summed E-state index contributed by atoms with van der Waals surface area (Å²) in [6, 6.07) is 7.46. The lowest BCUT2D eigenvalue weighted by Crippen LogP contribution is -2.59. The molecule has 5 atom stereocenters. The number of aliphatic hydroxyl groups is 4. The van der Waals surface area contributed by atoms with Gasteiger partial charge in [-0.2, -0.15) is 0 Å². The number of aromatic amines is 1. The Morgan fingerprint density at radius 3 is 2.71 bits per heavy atom. The van der Waals surface area contributed by atoms with E-state index >= 15 is 0 Å². The van der Waals surface area contributed by atoms with Gasteiger partial charge in [-0.15, -0.1) is 0 Å². The van der Waals surface area contributed by atoms with Gasteiger partial charge in [0.15, 0.2) is 12.4 Å². The molecule has 2 heterocycles. The normalized spacial score (nSPS) is 30.4. The fraction of sp³-hybridized carbons (Fsp3) is 0.438. The van der Waals surface area contributed by atoms with Crippen LogP contribution in [-0.4, -0.2) is 68.7 Å². The molecular formula is C16H19NO7. The number of H-pyrrole nitrogens is 1. The molecule has 0 unspecified atom stereocenters. The lowest BCUT2D eigenvalue weighted by Gasteiger charge is -2.39. The summed E-state index contributed by atoms with van der Waals surface area (Å²) >= 11 is 0. The highest BCUT2D eigenvalue weighted by Crippen LogP contribution is 2.24. The molecule has 1 aliphatic heterocycles. The predicted molar refractivity (Wildman–Crippen MR) is 81.9 cm³/mol. The number of aromatic nitrogens is 1. The van der Waals surface area contributed by atoms with Gasteiger partial charge in [0.25, 0.3) is 0 Å². The van der Waals surface area contributed by atoms with E-state index in [9.17, 15) is 25.2 Å². The molecule has 1 aliphatic rings. The maximum Gasteiger partial charge on any atom is 0.310 e. The monoisotopic (exact) mass is 337 g/mol. The number of hydrogen-bond donors (Lipinski definition) is 5. The molecule has 0 amide bonds. The van der Waals surface area contributed by atoms with Crippen molar-refractivity contribution in [2.75, 3.05) is 6.61 Å². The van der Waals surface area contributed by atoms with Gasteiger partial charge in [0.1, 0.15) is 18.3 Å². The number of para-hydroxylation sites is 1. The molecule has 8 nitrogen and oxygen atoms in total. The number of ether oxygens (including phenoxy) is 2. The second-order valence-corrected chi connectivity index (χ2v) is 5.72. The summed E-state index contributed by atoms with van der Waals surface area (Å²) in [6.45, 7) is -0.578. The summed E-state index contributed by atoms with van der Waals surface area (Å²) in [4.78, 5) is 15.2. The summed E-state index contributed by atoms with van der Waals surface area (Å²) in [5.74, 6) is -0.644. The lowest BCUT2D eigenvalue weighted by molar-refractivity contribution is -0.289. The molecule has 3 rings (SSSR count). The van der Waals surface area contributed by atoms with Crippen LogP contribution in [0.2, 0.25) is 0 Å². The van der Waals surface area contributed by atoms with Gasteiger partial charge in [0.2, 0.25) is 0 Å². The first kappa shape index (κ1) is 16.9. The van der Waals surface area contributed by atoms with Crippen molar-refractivity contribution < 1.29 is 34.7 Å². The van der Waals surface area contributed by atoms with Crippen LogP contribution in [-0.2, 0) is 20.7 Å². The van der Waals surface area contributed by atoms with E-state index in [4.69, 9.17) is 9.47 Å².